The maximum Gasteiger partial charge on any atom is 0.320 e. The third-order valence-corrected chi connectivity index (χ3v) is 5.51. The zero-order valence-corrected chi connectivity index (χ0v) is 20.9. The van der Waals surface area contributed by atoms with Gasteiger partial charge in [0.25, 0.3) is 5.91 Å². The molecule has 0 fully saturated rings. The third kappa shape index (κ3) is 8.39. The zero-order valence-electron chi connectivity index (χ0n) is 20.9. The van der Waals surface area contributed by atoms with E-state index in [2.05, 4.69) is 20.9 Å². The summed E-state index contributed by atoms with van der Waals surface area (Å²) < 4.78 is 19.4. The monoisotopic (exact) mass is 526 g/mol. The first-order valence-corrected chi connectivity index (χ1v) is 12.1. The molecule has 0 aliphatic heterocycles. The number of pyridine rings is 1. The number of nitrogens with zero attached hydrogens (tertiary/aromatic N) is 1. The van der Waals surface area contributed by atoms with E-state index in [0.29, 0.717) is 35.0 Å². The summed E-state index contributed by atoms with van der Waals surface area (Å²) in [4.78, 5) is 28.0. The molecule has 198 valence electrons. The summed E-state index contributed by atoms with van der Waals surface area (Å²) in [5.74, 6) is -0.210. The number of anilines is 2. The molecule has 4 aromatic rings. The minimum atomic E-state index is -0.670. The van der Waals surface area contributed by atoms with Gasteiger partial charge in [-0.25, -0.2) is 9.18 Å². The molecule has 0 bridgehead atoms. The number of nitrogens with two attached hydrogens (primary N) is 1. The molecule has 1 unspecified atom stereocenters. The van der Waals surface area contributed by atoms with Crippen LogP contribution >= 0.6 is 0 Å². The second kappa shape index (κ2) is 12.8. The molecule has 1 atom stereocenters. The van der Waals surface area contributed by atoms with Crippen molar-refractivity contribution in [3.05, 3.63) is 114 Å². The fourth-order valence-corrected chi connectivity index (χ4v) is 3.76. The van der Waals surface area contributed by atoms with Crippen LogP contribution in [0, 0.1) is 11.2 Å². The average molecular weight is 527 g/mol. The van der Waals surface area contributed by atoms with Crippen molar-refractivity contribution in [2.24, 2.45) is 5.73 Å². The predicted octanol–water partition coefficient (Wildman–Crippen LogP) is 5.32. The Labute approximate surface area is 224 Å². The average Bonchev–Trinajstić information content (AvgIpc) is 2.90. The van der Waals surface area contributed by atoms with Gasteiger partial charge in [-0.1, -0.05) is 36.4 Å². The van der Waals surface area contributed by atoms with Gasteiger partial charge < -0.3 is 31.8 Å². The van der Waals surface area contributed by atoms with Crippen molar-refractivity contribution in [3.8, 4) is 11.5 Å². The number of hydrogen-bond acceptors (Lipinski definition) is 6. The normalized spacial score (nSPS) is 11.2. The standard InChI is InChI=1S/C29H27FN6O3/c30-20-7-4-8-23(16-20)34-27(17-21(31)15-19-5-2-1-3-6-19)36-29(38)35-22-9-11-24(12-10-22)39-25-13-14-33-26(18-25)28(32)37/h1-14,16,18,27,31,34H,15,17H2,(H2,32,37)(H2,35,36,38). The minimum Gasteiger partial charge on any atom is -0.457 e. The van der Waals surface area contributed by atoms with Crippen LogP contribution in [0.25, 0.3) is 0 Å². The number of primary amides is 1. The minimum absolute atomic E-state index is 0.0840. The first kappa shape index (κ1) is 26.8. The highest BCUT2D eigenvalue weighted by Gasteiger charge is 2.16. The molecule has 10 heteroatoms. The van der Waals surface area contributed by atoms with E-state index in [4.69, 9.17) is 15.9 Å². The van der Waals surface area contributed by atoms with Gasteiger partial charge in [-0.3, -0.25) is 9.78 Å². The number of carbonyl (C=O) groups is 2. The number of aromatic nitrogens is 1. The number of amides is 3. The number of benzene rings is 3. The van der Waals surface area contributed by atoms with Gasteiger partial charge in [-0.15, -0.1) is 0 Å². The van der Waals surface area contributed by atoms with Gasteiger partial charge in [0.2, 0.25) is 0 Å². The topological polar surface area (TPSA) is 142 Å². The van der Waals surface area contributed by atoms with Crippen LogP contribution < -0.4 is 26.4 Å². The summed E-state index contributed by atoms with van der Waals surface area (Å²) in [6.45, 7) is 0. The van der Waals surface area contributed by atoms with Crippen molar-refractivity contribution in [1.29, 1.82) is 5.41 Å². The van der Waals surface area contributed by atoms with Crippen LogP contribution in [0.1, 0.15) is 22.5 Å². The maximum atomic E-state index is 13.7. The van der Waals surface area contributed by atoms with E-state index < -0.39 is 23.9 Å². The molecule has 9 nitrogen and oxygen atoms in total. The highest BCUT2D eigenvalue weighted by molar-refractivity contribution is 5.91. The van der Waals surface area contributed by atoms with E-state index in [1.165, 1.54) is 24.4 Å². The van der Waals surface area contributed by atoms with E-state index in [1.807, 2.05) is 30.3 Å². The van der Waals surface area contributed by atoms with Crippen LogP contribution in [0.15, 0.2) is 97.2 Å². The second-order valence-corrected chi connectivity index (χ2v) is 8.64. The highest BCUT2D eigenvalue weighted by Crippen LogP contribution is 2.23. The molecule has 0 aliphatic rings. The van der Waals surface area contributed by atoms with Gasteiger partial charge in [-0.05, 0) is 54.1 Å². The first-order valence-electron chi connectivity index (χ1n) is 12.1. The smallest absolute Gasteiger partial charge is 0.320 e. The third-order valence-electron chi connectivity index (χ3n) is 5.51. The second-order valence-electron chi connectivity index (χ2n) is 8.64. The Kier molecular flexibility index (Phi) is 8.81. The molecular formula is C29H27FN6O3. The van der Waals surface area contributed by atoms with Crippen LogP contribution in [0.5, 0.6) is 11.5 Å². The Hall–Kier alpha value is -5.25. The van der Waals surface area contributed by atoms with E-state index in [0.717, 1.165) is 5.56 Å². The van der Waals surface area contributed by atoms with Crippen molar-refractivity contribution < 1.29 is 18.7 Å². The number of nitrogens with one attached hydrogen (secondary N) is 4. The molecular weight excluding hydrogens is 499 g/mol. The van der Waals surface area contributed by atoms with Gasteiger partial charge in [0, 0.05) is 42.2 Å². The molecule has 6 N–H and O–H groups in total. The molecule has 3 amide bonds. The van der Waals surface area contributed by atoms with Crippen molar-refractivity contribution in [3.63, 3.8) is 0 Å². The Balaban J connectivity index is 1.38. The Bertz CT molecular complexity index is 1450. The number of urea groups is 1. The molecule has 0 aliphatic carbocycles. The summed E-state index contributed by atoms with van der Waals surface area (Å²) in [6.07, 6.45) is 1.37. The number of hydrogen-bond donors (Lipinski definition) is 5. The SMILES string of the molecule is N=C(Cc1ccccc1)CC(NC(=O)Nc1ccc(Oc2ccnc(C(N)=O)c2)cc1)Nc1cccc(F)c1. The number of rotatable bonds is 11. The van der Waals surface area contributed by atoms with E-state index in [9.17, 15) is 14.0 Å². The molecule has 4 rings (SSSR count). The van der Waals surface area contributed by atoms with Gasteiger partial charge in [-0.2, -0.15) is 0 Å². The van der Waals surface area contributed by atoms with E-state index >= 15 is 0 Å². The highest BCUT2D eigenvalue weighted by atomic mass is 19.1. The lowest BCUT2D eigenvalue weighted by Crippen LogP contribution is -2.44. The van der Waals surface area contributed by atoms with Gasteiger partial charge in [0.15, 0.2) is 0 Å². The first-order chi connectivity index (χ1) is 18.8. The van der Waals surface area contributed by atoms with Crippen molar-refractivity contribution in [1.82, 2.24) is 10.3 Å². The summed E-state index contributed by atoms with van der Waals surface area (Å²) in [5.41, 5.74) is 7.69. The van der Waals surface area contributed by atoms with Gasteiger partial charge >= 0.3 is 6.03 Å². The van der Waals surface area contributed by atoms with E-state index in [1.54, 1.807) is 42.5 Å². The largest absolute Gasteiger partial charge is 0.457 e. The lowest BCUT2D eigenvalue weighted by molar-refractivity contribution is 0.0995. The van der Waals surface area contributed by atoms with Gasteiger partial charge in [0.1, 0.15) is 29.2 Å². The molecule has 1 heterocycles. The molecule has 0 saturated carbocycles. The van der Waals surface area contributed by atoms with Crippen molar-refractivity contribution >= 4 is 29.0 Å². The maximum absolute atomic E-state index is 13.7. The Morgan fingerprint density at radius 1 is 0.923 bits per heavy atom. The molecule has 3 aromatic carbocycles. The van der Waals surface area contributed by atoms with E-state index in [-0.39, 0.29) is 12.1 Å². The molecule has 39 heavy (non-hydrogen) atoms. The lowest BCUT2D eigenvalue weighted by atomic mass is 10.1. The fraction of sp³-hybridized carbons (Fsp3) is 0.103. The van der Waals surface area contributed by atoms with Crippen LogP contribution in [0.4, 0.5) is 20.6 Å². The molecule has 0 radical (unpaired) electrons. The summed E-state index contributed by atoms with van der Waals surface area (Å²) in [6, 6.07) is 24.6. The van der Waals surface area contributed by atoms with Crippen LogP contribution in [0.3, 0.4) is 0 Å². The van der Waals surface area contributed by atoms with Crippen molar-refractivity contribution in [2.75, 3.05) is 10.6 Å². The van der Waals surface area contributed by atoms with Crippen LogP contribution in [-0.4, -0.2) is 28.8 Å². The Morgan fingerprint density at radius 3 is 2.41 bits per heavy atom. The molecule has 0 spiro atoms. The molecule has 0 saturated heterocycles. The number of halogens is 1. The summed E-state index contributed by atoms with van der Waals surface area (Å²) in [7, 11) is 0. The van der Waals surface area contributed by atoms with Crippen LogP contribution in [-0.2, 0) is 6.42 Å². The Morgan fingerprint density at radius 2 is 1.69 bits per heavy atom. The van der Waals surface area contributed by atoms with Crippen LogP contribution in [0.2, 0.25) is 0 Å². The number of carbonyl (C=O) groups excluding carboxylic acids is 2. The predicted molar refractivity (Wildman–Crippen MR) is 148 cm³/mol. The van der Waals surface area contributed by atoms with Crippen molar-refractivity contribution in [2.45, 2.75) is 19.0 Å². The summed E-state index contributed by atoms with van der Waals surface area (Å²) in [5, 5.41) is 17.1. The number of ether oxygens (including phenoxy) is 1. The molecule has 1 aromatic heterocycles. The quantitative estimate of drug-likeness (QED) is 0.133. The van der Waals surface area contributed by atoms with Gasteiger partial charge in [0.05, 0.1) is 0 Å². The zero-order chi connectivity index (χ0) is 27.6. The fourth-order valence-electron chi connectivity index (χ4n) is 3.76. The summed E-state index contributed by atoms with van der Waals surface area (Å²) >= 11 is 0. The lowest BCUT2D eigenvalue weighted by Gasteiger charge is -2.22.